The van der Waals surface area contributed by atoms with Crippen LogP contribution in [0.4, 0.5) is 0 Å². The molecule has 0 bridgehead atoms. The van der Waals surface area contributed by atoms with Gasteiger partial charge in [0.25, 0.3) is 5.91 Å². The van der Waals surface area contributed by atoms with Crippen molar-refractivity contribution in [3.05, 3.63) is 47.3 Å². The van der Waals surface area contributed by atoms with Crippen LogP contribution in [-0.4, -0.2) is 49.9 Å². The van der Waals surface area contributed by atoms with Gasteiger partial charge in [0.05, 0.1) is 36.1 Å². The molecule has 2 aromatic heterocycles. The van der Waals surface area contributed by atoms with Crippen LogP contribution in [0.2, 0.25) is 0 Å². The molecule has 3 aromatic rings. The Balaban J connectivity index is 1.87. The minimum absolute atomic E-state index is 0.0289. The summed E-state index contributed by atoms with van der Waals surface area (Å²) in [4.78, 5) is 20.5. The number of piperidine rings is 1. The average molecular weight is 393 g/mol. The van der Waals surface area contributed by atoms with E-state index < -0.39 is 0 Å². The zero-order chi connectivity index (χ0) is 20.5. The Bertz CT molecular complexity index is 1060. The highest BCUT2D eigenvalue weighted by Gasteiger charge is 2.26. The lowest BCUT2D eigenvalue weighted by Gasteiger charge is -2.33. The molecule has 0 saturated carbocycles. The molecule has 1 saturated heterocycles. The molecule has 1 aliphatic rings. The molecule has 29 heavy (non-hydrogen) atoms. The van der Waals surface area contributed by atoms with Gasteiger partial charge in [-0.25, -0.2) is 4.98 Å². The summed E-state index contributed by atoms with van der Waals surface area (Å²) in [6.07, 6.45) is 6.89. The number of rotatable bonds is 4. The largest absolute Gasteiger partial charge is 0.394 e. The van der Waals surface area contributed by atoms with Gasteiger partial charge in [-0.3, -0.25) is 9.48 Å². The quantitative estimate of drug-likeness (QED) is 0.735. The first-order chi connectivity index (χ1) is 14.0. The molecular weight excluding hydrogens is 364 g/mol. The molecule has 1 aromatic carbocycles. The number of fused-ring (bicyclic) bond motifs is 1. The van der Waals surface area contributed by atoms with Gasteiger partial charge < -0.3 is 10.0 Å². The number of pyridine rings is 1. The predicted molar refractivity (Wildman–Crippen MR) is 114 cm³/mol. The van der Waals surface area contributed by atoms with Gasteiger partial charge in [0.1, 0.15) is 0 Å². The fourth-order valence-corrected chi connectivity index (χ4v) is 4.13. The molecule has 1 amide bonds. The number of nitrogens with zero attached hydrogens (tertiary/aromatic N) is 4. The van der Waals surface area contributed by atoms with Gasteiger partial charge in [0.15, 0.2) is 0 Å². The maximum absolute atomic E-state index is 13.6. The normalized spacial score (nSPS) is 17.1. The zero-order valence-corrected chi connectivity index (χ0v) is 17.4. The van der Waals surface area contributed by atoms with E-state index in [9.17, 15) is 4.79 Å². The second-order valence-electron chi connectivity index (χ2n) is 8.02. The maximum Gasteiger partial charge on any atom is 0.254 e. The number of hydrogen-bond donors (Lipinski definition) is 1. The van der Waals surface area contributed by atoms with Gasteiger partial charge in [-0.2, -0.15) is 5.10 Å². The van der Waals surface area contributed by atoms with Crippen molar-refractivity contribution < 1.29 is 9.90 Å². The lowest BCUT2D eigenvalue weighted by molar-refractivity contribution is 0.0637. The number of likely N-dealkylation sites (tertiary alicyclic amines) is 1. The second-order valence-corrected chi connectivity index (χ2v) is 8.02. The third-order valence-corrected chi connectivity index (χ3v) is 6.06. The standard InChI is InChI=1S/C23H28N4O2/c1-15-7-8-19-20(23(29)27-9-5-4-6-16(27)2)12-21(25-22(19)17(15)3)18-13-24-26(14-18)10-11-28/h7-8,12-14,16,28H,4-6,9-11H2,1-3H3/t16-/m1/s1. The number of carbonyl (C=O) groups excluding carboxylic acids is 1. The van der Waals surface area contributed by atoms with E-state index in [0.717, 1.165) is 52.7 Å². The van der Waals surface area contributed by atoms with Crippen molar-refractivity contribution in [1.82, 2.24) is 19.7 Å². The first kappa shape index (κ1) is 19.6. The molecule has 6 heteroatoms. The molecular formula is C23H28N4O2. The van der Waals surface area contributed by atoms with E-state index in [1.807, 2.05) is 23.2 Å². The summed E-state index contributed by atoms with van der Waals surface area (Å²) in [5.41, 5.74) is 5.41. The number of aryl methyl sites for hydroxylation is 2. The lowest BCUT2D eigenvalue weighted by Crippen LogP contribution is -2.42. The molecule has 1 atom stereocenters. The van der Waals surface area contributed by atoms with Crippen molar-refractivity contribution in [3.8, 4) is 11.3 Å². The summed E-state index contributed by atoms with van der Waals surface area (Å²) >= 11 is 0. The summed E-state index contributed by atoms with van der Waals surface area (Å²) in [6.45, 7) is 7.52. The van der Waals surface area contributed by atoms with Gasteiger partial charge >= 0.3 is 0 Å². The fraction of sp³-hybridized carbons (Fsp3) is 0.435. The van der Waals surface area contributed by atoms with Crippen LogP contribution in [0.1, 0.15) is 47.7 Å². The van der Waals surface area contributed by atoms with E-state index in [0.29, 0.717) is 12.1 Å². The second kappa shape index (κ2) is 7.95. The van der Waals surface area contributed by atoms with Gasteiger partial charge in [0, 0.05) is 29.7 Å². The third-order valence-electron chi connectivity index (χ3n) is 6.06. The smallest absolute Gasteiger partial charge is 0.254 e. The minimum Gasteiger partial charge on any atom is -0.394 e. The summed E-state index contributed by atoms with van der Waals surface area (Å²) in [6, 6.07) is 6.24. The van der Waals surface area contributed by atoms with Crippen LogP contribution in [-0.2, 0) is 6.54 Å². The highest BCUT2D eigenvalue weighted by Crippen LogP contribution is 2.30. The topological polar surface area (TPSA) is 71.2 Å². The lowest BCUT2D eigenvalue weighted by atomic mass is 9.97. The van der Waals surface area contributed by atoms with E-state index in [1.54, 1.807) is 10.9 Å². The van der Waals surface area contributed by atoms with E-state index >= 15 is 0 Å². The predicted octanol–water partition coefficient (Wildman–Crippen LogP) is 3.72. The number of amides is 1. The number of aromatic nitrogens is 3. The molecule has 1 N–H and O–H groups in total. The van der Waals surface area contributed by atoms with Crippen molar-refractivity contribution in [2.75, 3.05) is 13.2 Å². The molecule has 0 radical (unpaired) electrons. The summed E-state index contributed by atoms with van der Waals surface area (Å²) in [5.74, 6) is 0.0804. The Morgan fingerprint density at radius 3 is 2.86 bits per heavy atom. The SMILES string of the molecule is Cc1ccc2c(C(=O)N3CCCC[C@H]3C)cc(-c3cnn(CCO)c3)nc2c1C. The Hall–Kier alpha value is -2.73. The first-order valence-corrected chi connectivity index (χ1v) is 10.3. The highest BCUT2D eigenvalue weighted by molar-refractivity contribution is 6.08. The van der Waals surface area contributed by atoms with Crippen molar-refractivity contribution in [2.45, 2.75) is 52.6 Å². The van der Waals surface area contributed by atoms with E-state index in [4.69, 9.17) is 10.1 Å². The molecule has 3 heterocycles. The Labute approximate surface area is 171 Å². The molecule has 0 spiro atoms. The van der Waals surface area contributed by atoms with Crippen LogP contribution < -0.4 is 0 Å². The number of carbonyl (C=O) groups is 1. The van der Waals surface area contributed by atoms with Crippen LogP contribution in [0.25, 0.3) is 22.2 Å². The van der Waals surface area contributed by atoms with Crippen LogP contribution in [0.15, 0.2) is 30.6 Å². The molecule has 1 fully saturated rings. The molecule has 6 nitrogen and oxygen atoms in total. The highest BCUT2D eigenvalue weighted by atomic mass is 16.3. The van der Waals surface area contributed by atoms with E-state index in [2.05, 4.69) is 31.9 Å². The van der Waals surface area contributed by atoms with Gasteiger partial charge in [-0.05, 0) is 57.2 Å². The van der Waals surface area contributed by atoms with Crippen molar-refractivity contribution >= 4 is 16.8 Å². The Morgan fingerprint density at radius 2 is 2.10 bits per heavy atom. The molecule has 1 aliphatic heterocycles. The van der Waals surface area contributed by atoms with Crippen LogP contribution in [0, 0.1) is 13.8 Å². The van der Waals surface area contributed by atoms with Gasteiger partial charge in [-0.15, -0.1) is 0 Å². The van der Waals surface area contributed by atoms with E-state index in [1.165, 1.54) is 6.42 Å². The zero-order valence-electron chi connectivity index (χ0n) is 17.4. The number of aliphatic hydroxyl groups excluding tert-OH is 1. The average Bonchev–Trinajstić information content (AvgIpc) is 3.19. The third kappa shape index (κ3) is 3.65. The molecule has 4 rings (SSSR count). The molecule has 0 unspecified atom stereocenters. The number of hydrogen-bond acceptors (Lipinski definition) is 4. The number of benzene rings is 1. The van der Waals surface area contributed by atoms with Crippen LogP contribution in [0.5, 0.6) is 0 Å². The fourth-order valence-electron chi connectivity index (χ4n) is 4.13. The Kier molecular flexibility index (Phi) is 5.37. The van der Waals surface area contributed by atoms with Crippen LogP contribution in [0.3, 0.4) is 0 Å². The Morgan fingerprint density at radius 1 is 1.28 bits per heavy atom. The first-order valence-electron chi connectivity index (χ1n) is 10.3. The van der Waals surface area contributed by atoms with Crippen molar-refractivity contribution in [1.29, 1.82) is 0 Å². The summed E-state index contributed by atoms with van der Waals surface area (Å²) < 4.78 is 1.69. The monoisotopic (exact) mass is 392 g/mol. The van der Waals surface area contributed by atoms with Gasteiger partial charge in [0.2, 0.25) is 0 Å². The maximum atomic E-state index is 13.6. The molecule has 0 aliphatic carbocycles. The molecule has 152 valence electrons. The van der Waals surface area contributed by atoms with Crippen LogP contribution >= 0.6 is 0 Å². The van der Waals surface area contributed by atoms with Crippen molar-refractivity contribution in [2.24, 2.45) is 0 Å². The minimum atomic E-state index is 0.0289. The number of aliphatic hydroxyl groups is 1. The summed E-state index contributed by atoms with van der Waals surface area (Å²) in [7, 11) is 0. The van der Waals surface area contributed by atoms with Gasteiger partial charge in [-0.1, -0.05) is 12.1 Å². The summed E-state index contributed by atoms with van der Waals surface area (Å²) in [5, 5.41) is 14.4. The van der Waals surface area contributed by atoms with E-state index in [-0.39, 0.29) is 18.6 Å². The van der Waals surface area contributed by atoms with Crippen molar-refractivity contribution in [3.63, 3.8) is 0 Å².